The number of hydrogen-bond acceptors (Lipinski definition) is 6. The molecule has 2 aromatic heterocycles. The van der Waals surface area contributed by atoms with Gasteiger partial charge in [-0.2, -0.15) is 0 Å². The molecule has 8 N–H and O–H groups in total. The van der Waals surface area contributed by atoms with Crippen molar-refractivity contribution >= 4 is 34.6 Å². The third-order valence-electron chi connectivity index (χ3n) is 7.14. The number of amides is 3. The van der Waals surface area contributed by atoms with E-state index in [2.05, 4.69) is 30.9 Å². The van der Waals surface area contributed by atoms with E-state index in [4.69, 9.17) is 5.73 Å². The second-order valence-corrected chi connectivity index (χ2v) is 10.4. The highest BCUT2D eigenvalue weighted by molar-refractivity contribution is 5.95. The Morgan fingerprint density at radius 1 is 0.950 bits per heavy atom. The fourth-order valence-corrected chi connectivity index (χ4v) is 4.34. The number of rotatable bonds is 14. The number of fused-ring (bicyclic) bond motifs is 1. The summed E-state index contributed by atoms with van der Waals surface area (Å²) in [6, 6.07) is 3.41. The monoisotopic (exact) mass is 553 g/mol. The van der Waals surface area contributed by atoms with Crippen LogP contribution in [0.15, 0.2) is 43.0 Å². The van der Waals surface area contributed by atoms with Gasteiger partial charge in [-0.3, -0.25) is 14.4 Å². The molecule has 0 fully saturated rings. The molecule has 3 amide bonds. The molecule has 0 aliphatic carbocycles. The minimum Gasteiger partial charge on any atom is -0.480 e. The van der Waals surface area contributed by atoms with Crippen LogP contribution < -0.4 is 21.7 Å². The number of imidazole rings is 1. The normalized spacial score (nSPS) is 15.2. The summed E-state index contributed by atoms with van der Waals surface area (Å²) in [5, 5.41) is 18.6. The molecule has 40 heavy (non-hydrogen) atoms. The number of aliphatic carboxylic acids is 1. The number of carbonyl (C=O) groups excluding carboxylic acids is 3. The number of carboxylic acids is 1. The predicted molar refractivity (Wildman–Crippen MR) is 150 cm³/mol. The van der Waals surface area contributed by atoms with Gasteiger partial charge in [-0.15, -0.1) is 0 Å². The third kappa shape index (κ3) is 7.69. The molecular formula is C28H39N7O5. The molecule has 5 unspecified atom stereocenters. The maximum Gasteiger partial charge on any atom is 0.326 e. The largest absolute Gasteiger partial charge is 0.480 e. The fraction of sp³-hybridized carbons (Fsp3) is 0.464. The van der Waals surface area contributed by atoms with Gasteiger partial charge in [-0.05, 0) is 23.5 Å². The lowest BCUT2D eigenvalue weighted by molar-refractivity contribution is -0.143. The number of nitrogens with two attached hydrogens (primary N) is 1. The van der Waals surface area contributed by atoms with E-state index in [0.29, 0.717) is 12.1 Å². The summed E-state index contributed by atoms with van der Waals surface area (Å²) >= 11 is 0. The molecule has 1 aromatic carbocycles. The fourth-order valence-electron chi connectivity index (χ4n) is 4.34. The van der Waals surface area contributed by atoms with E-state index in [0.717, 1.165) is 16.5 Å². The molecule has 2 heterocycles. The van der Waals surface area contributed by atoms with E-state index in [1.54, 1.807) is 27.0 Å². The van der Waals surface area contributed by atoms with Gasteiger partial charge in [0.05, 0.1) is 12.4 Å². The van der Waals surface area contributed by atoms with E-state index in [-0.39, 0.29) is 24.7 Å². The van der Waals surface area contributed by atoms with Crippen molar-refractivity contribution in [3.63, 3.8) is 0 Å². The van der Waals surface area contributed by atoms with Crippen molar-refractivity contribution in [2.24, 2.45) is 17.6 Å². The first-order valence-electron chi connectivity index (χ1n) is 13.4. The Labute approximate surface area is 232 Å². The Morgan fingerprint density at radius 3 is 2.23 bits per heavy atom. The quantitative estimate of drug-likeness (QED) is 0.156. The van der Waals surface area contributed by atoms with Crippen LogP contribution in [-0.2, 0) is 32.0 Å². The third-order valence-corrected chi connectivity index (χ3v) is 7.14. The lowest BCUT2D eigenvalue weighted by Gasteiger charge is -2.26. The number of nitrogens with one attached hydrogen (secondary N) is 5. The Bertz CT molecular complexity index is 1300. The lowest BCUT2D eigenvalue weighted by atomic mass is 9.98. The minimum atomic E-state index is -1.17. The first-order chi connectivity index (χ1) is 19.0. The van der Waals surface area contributed by atoms with Gasteiger partial charge in [0.2, 0.25) is 17.7 Å². The molecule has 0 radical (unpaired) electrons. The molecule has 0 spiro atoms. The van der Waals surface area contributed by atoms with Gasteiger partial charge in [0, 0.05) is 41.8 Å². The number of aromatic amines is 2. The zero-order valence-corrected chi connectivity index (χ0v) is 23.2. The number of para-hydroxylation sites is 1. The number of hydrogen-bond donors (Lipinski definition) is 7. The molecule has 0 bridgehead atoms. The maximum atomic E-state index is 13.7. The molecule has 12 nitrogen and oxygen atoms in total. The maximum absolute atomic E-state index is 13.7. The van der Waals surface area contributed by atoms with Crippen LogP contribution in [0.25, 0.3) is 10.9 Å². The van der Waals surface area contributed by atoms with Gasteiger partial charge in [0.15, 0.2) is 0 Å². The van der Waals surface area contributed by atoms with Crippen molar-refractivity contribution in [1.82, 2.24) is 30.9 Å². The molecule has 216 valence electrons. The first kappa shape index (κ1) is 30.4. The number of nitrogens with zero attached hydrogens (tertiary/aromatic N) is 1. The Balaban J connectivity index is 1.88. The Morgan fingerprint density at radius 2 is 1.60 bits per heavy atom. The van der Waals surface area contributed by atoms with Gasteiger partial charge < -0.3 is 36.8 Å². The van der Waals surface area contributed by atoms with E-state index < -0.39 is 47.9 Å². The number of H-pyrrole nitrogens is 2. The Kier molecular flexibility index (Phi) is 10.4. The topological polar surface area (TPSA) is 195 Å². The van der Waals surface area contributed by atoms with Crippen LogP contribution in [0.1, 0.15) is 45.4 Å². The lowest BCUT2D eigenvalue weighted by Crippen LogP contribution is -2.59. The van der Waals surface area contributed by atoms with Crippen molar-refractivity contribution in [3.8, 4) is 0 Å². The molecule has 0 saturated heterocycles. The number of benzene rings is 1. The number of aromatic nitrogens is 3. The van der Waals surface area contributed by atoms with Gasteiger partial charge >= 0.3 is 5.97 Å². The van der Waals surface area contributed by atoms with Crippen LogP contribution in [0.5, 0.6) is 0 Å². The Hall–Kier alpha value is -4.19. The van der Waals surface area contributed by atoms with Crippen molar-refractivity contribution < 1.29 is 24.3 Å². The highest BCUT2D eigenvalue weighted by Gasteiger charge is 2.33. The summed E-state index contributed by atoms with van der Waals surface area (Å²) in [7, 11) is 0. The van der Waals surface area contributed by atoms with Gasteiger partial charge in [0.25, 0.3) is 0 Å². The summed E-state index contributed by atoms with van der Waals surface area (Å²) in [6.45, 7) is 7.17. The van der Waals surface area contributed by atoms with E-state index in [1.165, 1.54) is 12.5 Å². The highest BCUT2D eigenvalue weighted by atomic mass is 16.4. The standard InChI is InChI=1S/C28H39N7O5/c1-5-16(4)24(28(39)40)35-26(37)22(11-18-13-30-14-32-18)33-25(36)21(34-27(38)23(29)15(2)3)10-17-12-31-20-9-7-6-8-19(17)20/h6-9,12-16,21-24,31H,5,10-11,29H2,1-4H3,(H,30,32)(H,33,36)(H,34,38)(H,35,37)(H,39,40). The van der Waals surface area contributed by atoms with Gasteiger partial charge in [0.1, 0.15) is 18.1 Å². The molecule has 3 aromatic rings. The second kappa shape index (κ2) is 13.7. The van der Waals surface area contributed by atoms with E-state index in [1.807, 2.05) is 31.2 Å². The summed E-state index contributed by atoms with van der Waals surface area (Å²) in [5.41, 5.74) is 8.30. The number of carbonyl (C=O) groups is 4. The molecule has 5 atom stereocenters. The zero-order valence-electron chi connectivity index (χ0n) is 23.2. The first-order valence-corrected chi connectivity index (χ1v) is 13.4. The van der Waals surface area contributed by atoms with Crippen molar-refractivity contribution in [3.05, 3.63) is 54.2 Å². The molecule has 0 aliphatic heterocycles. The van der Waals surface area contributed by atoms with E-state index >= 15 is 0 Å². The van der Waals surface area contributed by atoms with Crippen LogP contribution in [0.4, 0.5) is 0 Å². The molecule has 12 heteroatoms. The predicted octanol–water partition coefficient (Wildman–Crippen LogP) is 1.24. The molecule has 0 saturated carbocycles. The average molecular weight is 554 g/mol. The van der Waals surface area contributed by atoms with Crippen LogP contribution in [-0.4, -0.2) is 67.9 Å². The highest BCUT2D eigenvalue weighted by Crippen LogP contribution is 2.19. The van der Waals surface area contributed by atoms with E-state index in [9.17, 15) is 24.3 Å². The second-order valence-electron chi connectivity index (χ2n) is 10.4. The summed E-state index contributed by atoms with van der Waals surface area (Å²) < 4.78 is 0. The van der Waals surface area contributed by atoms with Crippen LogP contribution in [0.2, 0.25) is 0 Å². The zero-order chi connectivity index (χ0) is 29.4. The minimum absolute atomic E-state index is 0.0314. The SMILES string of the molecule is CCC(C)C(NC(=O)C(Cc1cnc[nH]1)NC(=O)C(Cc1c[nH]c2ccccc12)NC(=O)C(N)C(C)C)C(=O)O. The van der Waals surface area contributed by atoms with Crippen LogP contribution in [0.3, 0.4) is 0 Å². The summed E-state index contributed by atoms with van der Waals surface area (Å²) in [4.78, 5) is 61.8. The van der Waals surface area contributed by atoms with Crippen molar-refractivity contribution in [2.75, 3.05) is 0 Å². The summed E-state index contributed by atoms with van der Waals surface area (Å²) in [5.74, 6) is -3.43. The summed E-state index contributed by atoms with van der Waals surface area (Å²) in [6.07, 6.45) is 5.43. The number of carboxylic acid groups (broad SMARTS) is 1. The van der Waals surface area contributed by atoms with Gasteiger partial charge in [-0.25, -0.2) is 9.78 Å². The molecular weight excluding hydrogens is 514 g/mol. The van der Waals surface area contributed by atoms with Crippen molar-refractivity contribution in [2.45, 2.75) is 71.1 Å². The smallest absolute Gasteiger partial charge is 0.326 e. The average Bonchev–Trinajstić information content (AvgIpc) is 3.59. The molecule has 3 rings (SSSR count). The van der Waals surface area contributed by atoms with Gasteiger partial charge in [-0.1, -0.05) is 52.3 Å². The van der Waals surface area contributed by atoms with Crippen molar-refractivity contribution in [1.29, 1.82) is 0 Å². The molecule has 0 aliphatic rings. The van der Waals surface area contributed by atoms with Crippen LogP contribution in [0, 0.1) is 11.8 Å². The van der Waals surface area contributed by atoms with Crippen LogP contribution >= 0.6 is 0 Å².